The largest absolute Gasteiger partial charge is 0.457 e. The number of pyridine rings is 1. The number of aromatic nitrogens is 2. The smallest absolute Gasteiger partial charge is 0.176 e. The lowest BCUT2D eigenvalue weighted by atomic mass is 10.1. The van der Waals surface area contributed by atoms with Crippen molar-refractivity contribution in [1.82, 2.24) is 15.0 Å². The van der Waals surface area contributed by atoms with E-state index in [9.17, 15) is 0 Å². The van der Waals surface area contributed by atoms with Gasteiger partial charge in [-0.2, -0.15) is 0 Å². The summed E-state index contributed by atoms with van der Waals surface area (Å²) in [4.78, 5) is 9.15. The molecule has 0 saturated carbocycles. The van der Waals surface area contributed by atoms with Crippen LogP contribution in [0.4, 0.5) is 5.82 Å². The first kappa shape index (κ1) is 16.5. The lowest BCUT2D eigenvalue weighted by molar-refractivity contribution is 0.393. The molecule has 0 atom stereocenters. The lowest BCUT2D eigenvalue weighted by Gasteiger charge is -2.21. The molecule has 6 nitrogen and oxygen atoms in total. The Morgan fingerprint density at radius 3 is 2.42 bits per heavy atom. The van der Waals surface area contributed by atoms with Gasteiger partial charge in [-0.05, 0) is 47.0 Å². The highest BCUT2D eigenvalue weighted by Crippen LogP contribution is 2.34. The van der Waals surface area contributed by atoms with Crippen LogP contribution in [0, 0.1) is 20.8 Å². The van der Waals surface area contributed by atoms with Gasteiger partial charge in [-0.1, -0.05) is 5.16 Å². The van der Waals surface area contributed by atoms with Crippen LogP contribution in [0.5, 0.6) is 0 Å². The van der Waals surface area contributed by atoms with Gasteiger partial charge in [0.15, 0.2) is 11.4 Å². The fraction of sp³-hybridized carbons (Fsp3) is 0.444. The molecule has 0 unspecified atom stereocenters. The summed E-state index contributed by atoms with van der Waals surface area (Å²) in [5.74, 6) is 2.50. The SMILES string of the molecule is Cc1cc2cc(-c3c(C)noc3C)nc(N(C)CCN(C)C)c2o1. The summed E-state index contributed by atoms with van der Waals surface area (Å²) in [7, 11) is 6.17. The molecule has 3 heterocycles. The Morgan fingerprint density at radius 1 is 1.04 bits per heavy atom. The van der Waals surface area contributed by atoms with Crippen molar-refractivity contribution in [2.45, 2.75) is 20.8 Å². The molecule has 6 heteroatoms. The number of nitrogens with zero attached hydrogens (tertiary/aromatic N) is 4. The van der Waals surface area contributed by atoms with Gasteiger partial charge in [-0.3, -0.25) is 0 Å². The van der Waals surface area contributed by atoms with Gasteiger partial charge in [0.2, 0.25) is 0 Å². The third-order valence-electron chi connectivity index (χ3n) is 4.14. The van der Waals surface area contributed by atoms with Crippen LogP contribution >= 0.6 is 0 Å². The number of likely N-dealkylation sites (N-methyl/N-ethyl adjacent to an activating group) is 2. The second-order valence-corrected chi connectivity index (χ2v) is 6.53. The fourth-order valence-electron chi connectivity index (χ4n) is 2.85. The van der Waals surface area contributed by atoms with Gasteiger partial charge in [0.25, 0.3) is 0 Å². The molecule has 0 N–H and O–H groups in total. The molecular weight excluding hydrogens is 304 g/mol. The van der Waals surface area contributed by atoms with Crippen LogP contribution in [0.15, 0.2) is 21.1 Å². The summed E-state index contributed by atoms with van der Waals surface area (Å²) < 4.78 is 11.2. The summed E-state index contributed by atoms with van der Waals surface area (Å²) in [5, 5.41) is 5.10. The Balaban J connectivity index is 2.13. The minimum Gasteiger partial charge on any atom is -0.457 e. The van der Waals surface area contributed by atoms with Crippen molar-refractivity contribution < 1.29 is 8.94 Å². The van der Waals surface area contributed by atoms with Crippen LogP contribution in [0.1, 0.15) is 17.2 Å². The minimum atomic E-state index is 0.779. The van der Waals surface area contributed by atoms with Crippen LogP contribution in [-0.4, -0.2) is 49.3 Å². The van der Waals surface area contributed by atoms with E-state index in [4.69, 9.17) is 13.9 Å². The summed E-state index contributed by atoms with van der Waals surface area (Å²) in [6.07, 6.45) is 0. The zero-order valence-electron chi connectivity index (χ0n) is 15.2. The van der Waals surface area contributed by atoms with Crippen LogP contribution in [-0.2, 0) is 0 Å². The first-order valence-corrected chi connectivity index (χ1v) is 8.07. The van der Waals surface area contributed by atoms with E-state index in [1.54, 1.807) is 0 Å². The molecule has 3 aromatic rings. The maximum Gasteiger partial charge on any atom is 0.176 e. The van der Waals surface area contributed by atoms with E-state index in [2.05, 4.69) is 29.1 Å². The zero-order chi connectivity index (χ0) is 17.4. The average Bonchev–Trinajstić information content (AvgIpc) is 3.05. The molecule has 3 rings (SSSR count). The summed E-state index contributed by atoms with van der Waals surface area (Å²) in [6.45, 7) is 7.61. The predicted octanol–water partition coefficient (Wildman–Crippen LogP) is 3.41. The number of rotatable bonds is 5. The Morgan fingerprint density at radius 2 is 1.79 bits per heavy atom. The molecule has 0 aliphatic heterocycles. The fourth-order valence-corrected chi connectivity index (χ4v) is 2.85. The molecule has 0 amide bonds. The van der Waals surface area contributed by atoms with Crippen molar-refractivity contribution >= 4 is 16.8 Å². The van der Waals surface area contributed by atoms with E-state index in [1.807, 2.05) is 40.0 Å². The topological polar surface area (TPSA) is 58.5 Å². The molecule has 0 fully saturated rings. The van der Waals surface area contributed by atoms with Gasteiger partial charge in [-0.15, -0.1) is 0 Å². The lowest BCUT2D eigenvalue weighted by Crippen LogP contribution is -2.29. The highest BCUT2D eigenvalue weighted by atomic mass is 16.5. The number of hydrogen-bond donors (Lipinski definition) is 0. The van der Waals surface area contributed by atoms with E-state index >= 15 is 0 Å². The van der Waals surface area contributed by atoms with Crippen LogP contribution in [0.3, 0.4) is 0 Å². The maximum atomic E-state index is 5.90. The predicted molar refractivity (Wildman–Crippen MR) is 95.5 cm³/mol. The first-order valence-electron chi connectivity index (χ1n) is 8.07. The van der Waals surface area contributed by atoms with E-state index < -0.39 is 0 Å². The molecule has 0 aliphatic rings. The Bertz CT molecular complexity index is 844. The van der Waals surface area contributed by atoms with Gasteiger partial charge in [0.1, 0.15) is 11.5 Å². The molecule has 24 heavy (non-hydrogen) atoms. The second-order valence-electron chi connectivity index (χ2n) is 6.53. The van der Waals surface area contributed by atoms with Crippen LogP contribution < -0.4 is 4.90 Å². The van der Waals surface area contributed by atoms with Crippen molar-refractivity contribution in [2.75, 3.05) is 39.1 Å². The zero-order valence-corrected chi connectivity index (χ0v) is 15.2. The molecule has 0 bridgehead atoms. The van der Waals surface area contributed by atoms with E-state index in [0.29, 0.717) is 0 Å². The van der Waals surface area contributed by atoms with E-state index in [-0.39, 0.29) is 0 Å². The van der Waals surface area contributed by atoms with Gasteiger partial charge < -0.3 is 18.7 Å². The quantitative estimate of drug-likeness (QED) is 0.715. The van der Waals surface area contributed by atoms with Crippen LogP contribution in [0.25, 0.3) is 22.2 Å². The molecule has 128 valence electrons. The number of anilines is 1. The summed E-state index contributed by atoms with van der Waals surface area (Å²) in [6, 6.07) is 4.09. The van der Waals surface area contributed by atoms with Gasteiger partial charge in [-0.25, -0.2) is 4.98 Å². The molecule has 0 radical (unpaired) electrons. The highest BCUT2D eigenvalue weighted by molar-refractivity contribution is 5.91. The third kappa shape index (κ3) is 3.01. The molecule has 0 saturated heterocycles. The molecule has 0 aromatic carbocycles. The minimum absolute atomic E-state index is 0.779. The molecule has 0 aliphatic carbocycles. The number of furan rings is 1. The summed E-state index contributed by atoms with van der Waals surface area (Å²) in [5.41, 5.74) is 3.50. The summed E-state index contributed by atoms with van der Waals surface area (Å²) >= 11 is 0. The Labute approximate surface area is 142 Å². The van der Waals surface area contributed by atoms with Crippen molar-refractivity contribution in [3.8, 4) is 11.3 Å². The first-order chi connectivity index (χ1) is 11.4. The average molecular weight is 328 g/mol. The molecular formula is C18H24N4O2. The van der Waals surface area contributed by atoms with Gasteiger partial charge in [0.05, 0.1) is 17.0 Å². The molecule has 0 spiro atoms. The van der Waals surface area contributed by atoms with Gasteiger partial charge in [0, 0.05) is 25.5 Å². The number of fused-ring (bicyclic) bond motifs is 1. The van der Waals surface area contributed by atoms with Gasteiger partial charge >= 0.3 is 0 Å². The standard InChI is InChI=1S/C18H24N4O2/c1-11-9-14-10-15(16-12(2)20-24-13(16)3)19-18(17(14)23-11)22(6)8-7-21(4)5/h9-10H,7-8H2,1-6H3. The number of hydrogen-bond acceptors (Lipinski definition) is 6. The van der Waals surface area contributed by atoms with E-state index in [1.165, 1.54) is 0 Å². The third-order valence-corrected chi connectivity index (χ3v) is 4.14. The van der Waals surface area contributed by atoms with Crippen LogP contribution in [0.2, 0.25) is 0 Å². The Kier molecular flexibility index (Phi) is 4.32. The van der Waals surface area contributed by atoms with Crippen molar-refractivity contribution in [1.29, 1.82) is 0 Å². The highest BCUT2D eigenvalue weighted by Gasteiger charge is 2.19. The van der Waals surface area contributed by atoms with Crippen molar-refractivity contribution in [3.05, 3.63) is 29.3 Å². The van der Waals surface area contributed by atoms with Crippen molar-refractivity contribution in [2.24, 2.45) is 0 Å². The normalized spacial score (nSPS) is 11.6. The monoisotopic (exact) mass is 328 g/mol. The van der Waals surface area contributed by atoms with Crippen molar-refractivity contribution in [3.63, 3.8) is 0 Å². The second kappa shape index (κ2) is 6.28. The number of aryl methyl sites for hydroxylation is 3. The van der Waals surface area contributed by atoms with E-state index in [0.717, 1.165) is 58.3 Å². The Hall–Kier alpha value is -2.34. The maximum absolute atomic E-state index is 5.90. The molecule has 3 aromatic heterocycles.